The maximum atomic E-state index is 12.2. The summed E-state index contributed by atoms with van der Waals surface area (Å²) in [7, 11) is 1.93. The van der Waals surface area contributed by atoms with Crippen molar-refractivity contribution < 1.29 is 9.59 Å². The Morgan fingerprint density at radius 2 is 2.16 bits per heavy atom. The van der Waals surface area contributed by atoms with Crippen molar-refractivity contribution in [3.05, 3.63) is 18.5 Å². The van der Waals surface area contributed by atoms with Crippen molar-refractivity contribution in [2.75, 3.05) is 33.2 Å². The van der Waals surface area contributed by atoms with E-state index in [0.29, 0.717) is 19.6 Å². The molecule has 1 fully saturated rings. The van der Waals surface area contributed by atoms with Crippen LogP contribution in [0.4, 0.5) is 0 Å². The summed E-state index contributed by atoms with van der Waals surface area (Å²) in [5.74, 6) is -0.704. The average molecular weight is 265 g/mol. The van der Waals surface area contributed by atoms with Gasteiger partial charge >= 0.3 is 0 Å². The average Bonchev–Trinajstić information content (AvgIpc) is 2.76. The molecular weight excluding hydrogens is 246 g/mol. The number of hydrogen-bond donors (Lipinski definition) is 1. The van der Waals surface area contributed by atoms with Crippen LogP contribution in [0.3, 0.4) is 0 Å². The number of primary amides is 1. The third-order valence-corrected chi connectivity index (χ3v) is 3.34. The summed E-state index contributed by atoms with van der Waals surface area (Å²) in [5.41, 5.74) is 5.38. The maximum absolute atomic E-state index is 12.2. The van der Waals surface area contributed by atoms with E-state index in [4.69, 9.17) is 5.73 Å². The minimum atomic E-state index is -0.356. The van der Waals surface area contributed by atoms with Gasteiger partial charge in [-0.1, -0.05) is 0 Å². The quantitative estimate of drug-likeness (QED) is 0.741. The topological polar surface area (TPSA) is 84.5 Å². The monoisotopic (exact) mass is 265 g/mol. The van der Waals surface area contributed by atoms with Crippen LogP contribution >= 0.6 is 0 Å². The van der Waals surface area contributed by atoms with Gasteiger partial charge < -0.3 is 15.5 Å². The molecule has 2 heterocycles. The summed E-state index contributed by atoms with van der Waals surface area (Å²) >= 11 is 0. The first-order chi connectivity index (χ1) is 9.06. The Balaban J connectivity index is 2.01. The molecular formula is C12H19N5O2. The summed E-state index contributed by atoms with van der Waals surface area (Å²) < 4.78 is 1.58. The number of rotatable bonds is 3. The zero-order chi connectivity index (χ0) is 13.8. The van der Waals surface area contributed by atoms with Crippen LogP contribution in [0, 0.1) is 5.92 Å². The highest BCUT2D eigenvalue weighted by atomic mass is 16.2. The van der Waals surface area contributed by atoms with Gasteiger partial charge in [0.25, 0.3) is 0 Å². The van der Waals surface area contributed by atoms with Crippen LogP contribution in [-0.2, 0) is 16.1 Å². The molecule has 1 atom stereocenters. The molecule has 1 aliphatic heterocycles. The smallest absolute Gasteiger partial charge is 0.244 e. The van der Waals surface area contributed by atoms with E-state index < -0.39 is 0 Å². The van der Waals surface area contributed by atoms with E-state index in [-0.39, 0.29) is 24.3 Å². The van der Waals surface area contributed by atoms with Gasteiger partial charge in [0.15, 0.2) is 0 Å². The molecule has 0 radical (unpaired) electrons. The molecule has 0 aliphatic carbocycles. The molecule has 7 nitrogen and oxygen atoms in total. The maximum Gasteiger partial charge on any atom is 0.244 e. The number of amides is 2. The highest BCUT2D eigenvalue weighted by molar-refractivity contribution is 5.80. The molecule has 7 heteroatoms. The number of hydrogen-bond acceptors (Lipinski definition) is 4. The summed E-state index contributed by atoms with van der Waals surface area (Å²) in [4.78, 5) is 27.3. The summed E-state index contributed by atoms with van der Waals surface area (Å²) in [6.07, 6.45) is 3.38. The second kappa shape index (κ2) is 5.83. The van der Waals surface area contributed by atoms with Gasteiger partial charge in [-0.15, -0.1) is 0 Å². The van der Waals surface area contributed by atoms with Crippen molar-refractivity contribution in [1.82, 2.24) is 19.6 Å². The van der Waals surface area contributed by atoms with E-state index in [0.717, 1.165) is 6.54 Å². The van der Waals surface area contributed by atoms with Gasteiger partial charge in [-0.2, -0.15) is 5.10 Å². The third-order valence-electron chi connectivity index (χ3n) is 3.34. The Bertz CT molecular complexity index is 445. The largest absolute Gasteiger partial charge is 0.369 e. The lowest BCUT2D eigenvalue weighted by Gasteiger charge is -2.22. The van der Waals surface area contributed by atoms with Crippen LogP contribution in [0.15, 0.2) is 18.5 Å². The predicted octanol–water partition coefficient (Wildman–Crippen LogP) is -1.24. The first-order valence-electron chi connectivity index (χ1n) is 6.29. The van der Waals surface area contributed by atoms with Crippen molar-refractivity contribution in [2.45, 2.75) is 6.54 Å². The number of nitrogens with zero attached hydrogens (tertiary/aromatic N) is 4. The van der Waals surface area contributed by atoms with Crippen molar-refractivity contribution in [3.8, 4) is 0 Å². The molecule has 2 N–H and O–H groups in total. The minimum absolute atomic E-state index is 0.0368. The van der Waals surface area contributed by atoms with Crippen LogP contribution in [0.1, 0.15) is 0 Å². The van der Waals surface area contributed by atoms with Gasteiger partial charge in [-0.05, 0) is 13.1 Å². The lowest BCUT2D eigenvalue weighted by molar-refractivity contribution is -0.133. The van der Waals surface area contributed by atoms with Gasteiger partial charge in [-0.3, -0.25) is 14.3 Å². The molecule has 0 aromatic carbocycles. The molecule has 1 aromatic rings. The van der Waals surface area contributed by atoms with Crippen LogP contribution in [-0.4, -0.2) is 64.6 Å². The standard InChI is InChI=1S/C12H19N5O2/c1-15-5-6-16(8-10(7-15)12(13)19)11(18)9-17-4-2-3-14-17/h2-4,10H,5-9H2,1H3,(H2,13,19)/t10-/m1/s1. The Kier molecular flexibility index (Phi) is 4.16. The Morgan fingerprint density at radius 3 is 2.79 bits per heavy atom. The number of likely N-dealkylation sites (N-methyl/N-ethyl adjacent to an activating group) is 1. The Hall–Kier alpha value is -1.89. The Morgan fingerprint density at radius 1 is 1.37 bits per heavy atom. The van der Waals surface area contributed by atoms with E-state index in [1.165, 1.54) is 0 Å². The van der Waals surface area contributed by atoms with Crippen molar-refractivity contribution in [3.63, 3.8) is 0 Å². The fraction of sp³-hybridized carbons (Fsp3) is 0.583. The second-order valence-electron chi connectivity index (χ2n) is 4.90. The number of carbonyl (C=O) groups excluding carboxylic acids is 2. The normalized spacial score (nSPS) is 21.1. The molecule has 1 saturated heterocycles. The van der Waals surface area contributed by atoms with Crippen molar-refractivity contribution >= 4 is 11.8 Å². The lowest BCUT2D eigenvalue weighted by Crippen LogP contribution is -2.41. The van der Waals surface area contributed by atoms with Crippen LogP contribution in [0.2, 0.25) is 0 Å². The van der Waals surface area contributed by atoms with Gasteiger partial charge in [-0.25, -0.2) is 0 Å². The fourth-order valence-corrected chi connectivity index (χ4v) is 2.21. The van der Waals surface area contributed by atoms with Gasteiger partial charge in [0, 0.05) is 38.6 Å². The zero-order valence-electron chi connectivity index (χ0n) is 11.0. The highest BCUT2D eigenvalue weighted by Crippen LogP contribution is 2.09. The van der Waals surface area contributed by atoms with E-state index in [1.54, 1.807) is 28.0 Å². The van der Waals surface area contributed by atoms with Crippen LogP contribution < -0.4 is 5.73 Å². The molecule has 0 unspecified atom stereocenters. The zero-order valence-corrected chi connectivity index (χ0v) is 11.0. The molecule has 104 valence electrons. The van der Waals surface area contributed by atoms with Crippen molar-refractivity contribution in [2.24, 2.45) is 11.7 Å². The van der Waals surface area contributed by atoms with E-state index in [1.807, 2.05) is 11.9 Å². The SMILES string of the molecule is CN1CCN(C(=O)Cn2cccn2)C[C@H](C(N)=O)C1. The van der Waals surface area contributed by atoms with E-state index in [9.17, 15) is 9.59 Å². The first-order valence-corrected chi connectivity index (χ1v) is 6.29. The molecule has 2 amide bonds. The van der Waals surface area contributed by atoms with Crippen LogP contribution in [0.5, 0.6) is 0 Å². The van der Waals surface area contributed by atoms with Crippen LogP contribution in [0.25, 0.3) is 0 Å². The highest BCUT2D eigenvalue weighted by Gasteiger charge is 2.27. The van der Waals surface area contributed by atoms with Gasteiger partial charge in [0.1, 0.15) is 6.54 Å². The number of aromatic nitrogens is 2. The van der Waals surface area contributed by atoms with E-state index in [2.05, 4.69) is 5.10 Å². The molecule has 0 saturated carbocycles. The van der Waals surface area contributed by atoms with E-state index >= 15 is 0 Å². The first kappa shape index (κ1) is 13.5. The summed E-state index contributed by atoms with van der Waals surface area (Å²) in [5, 5.41) is 4.01. The molecule has 1 aromatic heterocycles. The predicted molar refractivity (Wildman–Crippen MR) is 69.0 cm³/mol. The second-order valence-corrected chi connectivity index (χ2v) is 4.90. The number of carbonyl (C=O) groups is 2. The summed E-state index contributed by atoms with van der Waals surface area (Å²) in [6, 6.07) is 1.77. The van der Waals surface area contributed by atoms with Crippen molar-refractivity contribution in [1.29, 1.82) is 0 Å². The van der Waals surface area contributed by atoms with Gasteiger partial charge in [0.2, 0.25) is 11.8 Å². The lowest BCUT2D eigenvalue weighted by atomic mass is 10.1. The molecule has 0 spiro atoms. The molecule has 19 heavy (non-hydrogen) atoms. The molecule has 1 aliphatic rings. The fourth-order valence-electron chi connectivity index (χ4n) is 2.21. The summed E-state index contributed by atoms with van der Waals surface area (Å²) in [6.45, 7) is 2.54. The molecule has 0 bridgehead atoms. The third kappa shape index (κ3) is 3.54. The minimum Gasteiger partial charge on any atom is -0.369 e. The van der Waals surface area contributed by atoms with Gasteiger partial charge in [0.05, 0.1) is 5.92 Å². The number of nitrogens with two attached hydrogens (primary N) is 1. The molecule has 2 rings (SSSR count). The Labute approximate surface area is 111 Å².